The first-order valence-electron chi connectivity index (χ1n) is 6.12. The normalized spacial score (nSPS) is 12.2. The summed E-state index contributed by atoms with van der Waals surface area (Å²) < 4.78 is 6.73. The monoisotopic (exact) mass is 373 g/mol. The van der Waals surface area contributed by atoms with Gasteiger partial charge in [0, 0.05) is 16.6 Å². The molecule has 0 aliphatic heterocycles. The predicted molar refractivity (Wildman–Crippen MR) is 88.0 cm³/mol. The van der Waals surface area contributed by atoms with E-state index in [9.17, 15) is 0 Å². The number of hydrogen-bond acceptors (Lipinski definition) is 2. The second kappa shape index (κ2) is 6.81. The average Bonchev–Trinajstić information content (AvgIpc) is 2.37. The van der Waals surface area contributed by atoms with Gasteiger partial charge in [-0.1, -0.05) is 45.2 Å². The summed E-state index contributed by atoms with van der Waals surface area (Å²) in [5, 5.41) is 0.976. The van der Waals surface area contributed by atoms with E-state index in [1.165, 1.54) is 0 Å². The lowest BCUT2D eigenvalue weighted by molar-refractivity contribution is 0.482. The van der Waals surface area contributed by atoms with Crippen molar-refractivity contribution in [1.82, 2.24) is 0 Å². The van der Waals surface area contributed by atoms with Crippen molar-refractivity contribution in [2.75, 3.05) is 0 Å². The number of benzene rings is 2. The van der Waals surface area contributed by atoms with Gasteiger partial charge in [0.15, 0.2) is 0 Å². The molecule has 0 bridgehead atoms. The molecule has 0 spiro atoms. The van der Waals surface area contributed by atoms with Crippen molar-refractivity contribution in [2.24, 2.45) is 5.73 Å². The maximum atomic E-state index is 5.96. The average molecular weight is 375 g/mol. The summed E-state index contributed by atoms with van der Waals surface area (Å²) in [5.41, 5.74) is 6.96. The molecule has 0 saturated carbocycles. The van der Waals surface area contributed by atoms with Crippen LogP contribution >= 0.6 is 39.1 Å². The highest BCUT2D eigenvalue weighted by Crippen LogP contribution is 2.31. The molecular weight excluding hydrogens is 361 g/mol. The summed E-state index contributed by atoms with van der Waals surface area (Å²) in [7, 11) is 0. The highest BCUT2D eigenvalue weighted by Gasteiger charge is 2.06. The van der Waals surface area contributed by atoms with Crippen LogP contribution in [0.5, 0.6) is 11.5 Å². The van der Waals surface area contributed by atoms with Gasteiger partial charge in [-0.2, -0.15) is 0 Å². The maximum Gasteiger partial charge on any atom is 0.129 e. The molecule has 2 aromatic carbocycles. The topological polar surface area (TPSA) is 35.2 Å². The van der Waals surface area contributed by atoms with Gasteiger partial charge in [-0.05, 0) is 43.2 Å². The molecule has 0 amide bonds. The predicted octanol–water partition coefficient (Wildman–Crippen LogP) is 5.44. The Kier molecular flexibility index (Phi) is 5.33. The van der Waals surface area contributed by atoms with Gasteiger partial charge >= 0.3 is 0 Å². The van der Waals surface area contributed by atoms with Gasteiger partial charge in [0.1, 0.15) is 11.5 Å². The molecule has 106 valence electrons. The van der Waals surface area contributed by atoms with Crippen LogP contribution in [0.4, 0.5) is 0 Å². The van der Waals surface area contributed by atoms with E-state index in [1.54, 1.807) is 18.2 Å². The molecule has 0 fully saturated rings. The first-order valence-corrected chi connectivity index (χ1v) is 7.67. The molecule has 2 rings (SSSR count). The summed E-state index contributed by atoms with van der Waals surface area (Å²) in [5.74, 6) is 1.37. The van der Waals surface area contributed by atoms with E-state index in [2.05, 4.69) is 15.9 Å². The Balaban J connectivity index is 2.17. The second-order valence-electron chi connectivity index (χ2n) is 4.61. The van der Waals surface area contributed by atoms with E-state index in [-0.39, 0.29) is 6.04 Å². The number of rotatable bonds is 4. The molecule has 0 heterocycles. The molecule has 2 nitrogen and oxygen atoms in total. The van der Waals surface area contributed by atoms with E-state index in [0.29, 0.717) is 15.8 Å². The third kappa shape index (κ3) is 4.13. The van der Waals surface area contributed by atoms with Gasteiger partial charge in [0.05, 0.1) is 10.0 Å². The number of hydrogen-bond donors (Lipinski definition) is 1. The van der Waals surface area contributed by atoms with Crippen molar-refractivity contribution in [3.05, 3.63) is 56.5 Å². The Morgan fingerprint density at radius 1 is 1.10 bits per heavy atom. The highest BCUT2D eigenvalue weighted by molar-refractivity contribution is 9.10. The summed E-state index contributed by atoms with van der Waals surface area (Å²) >= 11 is 15.4. The third-order valence-electron chi connectivity index (χ3n) is 2.69. The molecule has 0 aliphatic rings. The zero-order chi connectivity index (χ0) is 14.7. The number of nitrogens with two attached hydrogens (primary N) is 1. The molecule has 0 saturated heterocycles. The van der Waals surface area contributed by atoms with Gasteiger partial charge in [0.2, 0.25) is 0 Å². The summed E-state index contributed by atoms with van der Waals surface area (Å²) in [6.45, 7) is 1.98. The molecule has 0 aliphatic carbocycles. The Bertz CT molecular complexity index is 617. The minimum absolute atomic E-state index is 0.119. The smallest absolute Gasteiger partial charge is 0.129 e. The molecule has 1 atom stereocenters. The van der Waals surface area contributed by atoms with Gasteiger partial charge in [-0.15, -0.1) is 0 Å². The van der Waals surface area contributed by atoms with Crippen LogP contribution in [0.15, 0.2) is 40.9 Å². The zero-order valence-corrected chi connectivity index (χ0v) is 14.0. The quantitative estimate of drug-likeness (QED) is 0.773. The van der Waals surface area contributed by atoms with Crippen molar-refractivity contribution in [3.8, 4) is 11.5 Å². The Hall–Kier alpha value is -0.740. The van der Waals surface area contributed by atoms with E-state index in [1.807, 2.05) is 25.1 Å². The fourth-order valence-corrected chi connectivity index (χ4v) is 2.59. The third-order valence-corrected chi connectivity index (χ3v) is 4.17. The van der Waals surface area contributed by atoms with Crippen molar-refractivity contribution < 1.29 is 4.74 Å². The molecule has 0 radical (unpaired) electrons. The summed E-state index contributed by atoms with van der Waals surface area (Å²) in [6, 6.07) is 11.1. The number of halogens is 3. The standard InChI is InChI=1S/C15H14BrCl2NO/c1-9(19)6-10-2-3-11(7-13(10)16)20-12-4-5-14(17)15(18)8-12/h2-5,7-9H,6,19H2,1H3. The maximum absolute atomic E-state index is 5.96. The minimum atomic E-state index is 0.119. The van der Waals surface area contributed by atoms with Crippen LogP contribution in [0.2, 0.25) is 10.0 Å². The van der Waals surface area contributed by atoms with Crippen molar-refractivity contribution >= 4 is 39.1 Å². The number of ether oxygens (including phenoxy) is 1. The van der Waals surface area contributed by atoms with Crippen molar-refractivity contribution in [2.45, 2.75) is 19.4 Å². The molecule has 2 aromatic rings. The summed E-state index contributed by atoms with van der Waals surface area (Å²) in [6.07, 6.45) is 0.813. The molecule has 2 N–H and O–H groups in total. The minimum Gasteiger partial charge on any atom is -0.457 e. The van der Waals surface area contributed by atoms with E-state index < -0.39 is 0 Å². The fraction of sp³-hybridized carbons (Fsp3) is 0.200. The SMILES string of the molecule is CC(N)Cc1ccc(Oc2ccc(Cl)c(Cl)c2)cc1Br. The summed E-state index contributed by atoms with van der Waals surface area (Å²) in [4.78, 5) is 0. The first-order chi connectivity index (χ1) is 9.45. The fourth-order valence-electron chi connectivity index (χ4n) is 1.78. The molecular formula is C15H14BrCl2NO. The largest absolute Gasteiger partial charge is 0.457 e. The van der Waals surface area contributed by atoms with E-state index >= 15 is 0 Å². The highest BCUT2D eigenvalue weighted by atomic mass is 79.9. The van der Waals surface area contributed by atoms with Crippen LogP contribution in [0.3, 0.4) is 0 Å². The van der Waals surface area contributed by atoms with E-state index in [4.69, 9.17) is 33.7 Å². The molecule has 0 aromatic heterocycles. The lowest BCUT2D eigenvalue weighted by Gasteiger charge is -2.11. The van der Waals surface area contributed by atoms with Crippen LogP contribution in [-0.2, 0) is 6.42 Å². The zero-order valence-electron chi connectivity index (χ0n) is 10.9. The molecule has 1 unspecified atom stereocenters. The molecule has 20 heavy (non-hydrogen) atoms. The van der Waals surface area contributed by atoms with Crippen LogP contribution in [0, 0.1) is 0 Å². The van der Waals surface area contributed by atoms with Crippen molar-refractivity contribution in [1.29, 1.82) is 0 Å². The second-order valence-corrected chi connectivity index (χ2v) is 6.28. The van der Waals surface area contributed by atoms with Crippen molar-refractivity contribution in [3.63, 3.8) is 0 Å². The Morgan fingerprint density at radius 2 is 1.75 bits per heavy atom. The van der Waals surface area contributed by atoms with Crippen LogP contribution in [-0.4, -0.2) is 6.04 Å². The van der Waals surface area contributed by atoms with Crippen LogP contribution in [0.1, 0.15) is 12.5 Å². The van der Waals surface area contributed by atoms with E-state index in [0.717, 1.165) is 22.2 Å². The van der Waals surface area contributed by atoms with Crippen LogP contribution < -0.4 is 10.5 Å². The van der Waals surface area contributed by atoms with Crippen LogP contribution in [0.25, 0.3) is 0 Å². The lowest BCUT2D eigenvalue weighted by atomic mass is 10.1. The van der Waals surface area contributed by atoms with Gasteiger partial charge in [-0.25, -0.2) is 0 Å². The lowest BCUT2D eigenvalue weighted by Crippen LogP contribution is -2.17. The first kappa shape index (κ1) is 15.6. The molecule has 5 heteroatoms. The Morgan fingerprint density at radius 3 is 2.35 bits per heavy atom. The Labute approximate surface area is 137 Å². The van der Waals surface area contributed by atoms with Gasteiger partial charge in [0.25, 0.3) is 0 Å². The van der Waals surface area contributed by atoms with Gasteiger partial charge in [-0.3, -0.25) is 0 Å². The van der Waals surface area contributed by atoms with Gasteiger partial charge < -0.3 is 10.5 Å².